The lowest BCUT2D eigenvalue weighted by Gasteiger charge is -2.29. The molecule has 5 aromatic rings. The maximum Gasteiger partial charge on any atom is 0.266 e. The summed E-state index contributed by atoms with van der Waals surface area (Å²) < 4.78 is 30.6. The molecule has 2 aliphatic heterocycles. The van der Waals surface area contributed by atoms with Crippen LogP contribution in [-0.2, 0) is 0 Å². The van der Waals surface area contributed by atoms with E-state index in [0.717, 1.165) is 68.3 Å². The number of pyridine rings is 1. The number of anilines is 3. The van der Waals surface area contributed by atoms with Gasteiger partial charge in [0.25, 0.3) is 12.0 Å². The van der Waals surface area contributed by atoms with E-state index in [9.17, 15) is 13.6 Å². The normalized spacial score (nSPS) is 16.8. The number of alkyl halides is 2. The van der Waals surface area contributed by atoms with Crippen LogP contribution in [0.5, 0.6) is 0 Å². The Hall–Kier alpha value is -4.68. The molecule has 236 valence electrons. The van der Waals surface area contributed by atoms with Crippen LogP contribution in [0.3, 0.4) is 0 Å². The van der Waals surface area contributed by atoms with Crippen molar-refractivity contribution < 1.29 is 8.78 Å². The van der Waals surface area contributed by atoms with Crippen LogP contribution in [0.1, 0.15) is 36.8 Å². The SMILES string of the molecule is C=C(C)N1CCC(c2ccc(-c3cc4cnc(Nc5ccc(N6CCNCC6)cc5)nc4n(-c4nccs4)c3=O)c(C(F)F)c2)C1. The Bertz CT molecular complexity index is 1940. The number of aromatic nitrogens is 4. The number of hydrogen-bond acceptors (Lipinski definition) is 9. The molecule has 2 aliphatic rings. The van der Waals surface area contributed by atoms with Gasteiger partial charge in [0.2, 0.25) is 5.95 Å². The van der Waals surface area contributed by atoms with Gasteiger partial charge in [-0.05, 0) is 60.9 Å². The number of thiazole rings is 1. The minimum Gasteiger partial charge on any atom is -0.375 e. The van der Waals surface area contributed by atoms with E-state index in [2.05, 4.69) is 49.1 Å². The first-order valence-corrected chi connectivity index (χ1v) is 16.2. The summed E-state index contributed by atoms with van der Waals surface area (Å²) in [4.78, 5) is 32.2. The first kappa shape index (κ1) is 30.0. The van der Waals surface area contributed by atoms with Crippen molar-refractivity contribution in [3.63, 3.8) is 0 Å². The second-order valence-electron chi connectivity index (χ2n) is 11.7. The number of rotatable bonds is 8. The molecule has 0 aliphatic carbocycles. The third-order valence-corrected chi connectivity index (χ3v) is 9.51. The van der Waals surface area contributed by atoms with Crippen LogP contribution in [0.15, 0.2) is 83.4 Å². The van der Waals surface area contributed by atoms with E-state index in [1.807, 2.05) is 25.1 Å². The quantitative estimate of drug-likeness (QED) is 0.204. The van der Waals surface area contributed by atoms with Gasteiger partial charge in [0.05, 0.1) is 0 Å². The van der Waals surface area contributed by atoms with Crippen LogP contribution < -0.4 is 21.1 Å². The minimum atomic E-state index is -2.77. The molecule has 0 amide bonds. The Labute approximate surface area is 269 Å². The highest BCUT2D eigenvalue weighted by Crippen LogP contribution is 2.37. The highest BCUT2D eigenvalue weighted by molar-refractivity contribution is 7.12. The highest BCUT2D eigenvalue weighted by Gasteiger charge is 2.27. The number of likely N-dealkylation sites (tertiary alicyclic amines) is 1. The van der Waals surface area contributed by atoms with Crippen LogP contribution in [-0.4, -0.2) is 63.7 Å². The molecule has 9 nitrogen and oxygen atoms in total. The van der Waals surface area contributed by atoms with E-state index in [0.29, 0.717) is 22.1 Å². The maximum atomic E-state index is 14.6. The third kappa shape index (κ3) is 5.85. The summed E-state index contributed by atoms with van der Waals surface area (Å²) in [6, 6.07) is 14.7. The Morgan fingerprint density at radius 2 is 1.87 bits per heavy atom. The van der Waals surface area contributed by atoms with Gasteiger partial charge in [0, 0.05) is 96.5 Å². The van der Waals surface area contributed by atoms with Gasteiger partial charge in [0.1, 0.15) is 0 Å². The van der Waals surface area contributed by atoms with Gasteiger partial charge in [-0.25, -0.2) is 23.3 Å². The number of benzene rings is 2. The molecule has 1 unspecified atom stereocenters. The fraction of sp³-hybridized carbons (Fsp3) is 0.294. The molecular weight excluding hydrogens is 606 g/mol. The third-order valence-electron chi connectivity index (χ3n) is 8.76. The molecule has 2 N–H and O–H groups in total. The molecule has 0 radical (unpaired) electrons. The average molecular weight is 641 g/mol. The molecule has 0 saturated carbocycles. The van der Waals surface area contributed by atoms with E-state index in [1.165, 1.54) is 15.9 Å². The Morgan fingerprint density at radius 1 is 1.07 bits per heavy atom. The van der Waals surface area contributed by atoms with Crippen LogP contribution in [0.2, 0.25) is 0 Å². The monoisotopic (exact) mass is 640 g/mol. The van der Waals surface area contributed by atoms with E-state index >= 15 is 0 Å². The predicted octanol–water partition coefficient (Wildman–Crippen LogP) is 6.32. The summed E-state index contributed by atoms with van der Waals surface area (Å²) in [5.74, 6) is 0.419. The molecule has 0 bridgehead atoms. The molecule has 2 fully saturated rings. The van der Waals surface area contributed by atoms with Gasteiger partial charge in [-0.2, -0.15) is 4.98 Å². The molecule has 46 heavy (non-hydrogen) atoms. The second-order valence-corrected chi connectivity index (χ2v) is 12.6. The molecule has 2 aromatic carbocycles. The lowest BCUT2D eigenvalue weighted by Crippen LogP contribution is -2.43. The largest absolute Gasteiger partial charge is 0.375 e. The van der Waals surface area contributed by atoms with Gasteiger partial charge in [-0.3, -0.25) is 4.79 Å². The van der Waals surface area contributed by atoms with Gasteiger partial charge in [0.15, 0.2) is 10.8 Å². The Morgan fingerprint density at radius 3 is 2.57 bits per heavy atom. The van der Waals surface area contributed by atoms with Crippen LogP contribution in [0.4, 0.5) is 26.1 Å². The number of fused-ring (bicyclic) bond motifs is 1. The van der Waals surface area contributed by atoms with Gasteiger partial charge < -0.3 is 20.4 Å². The smallest absolute Gasteiger partial charge is 0.266 e. The fourth-order valence-corrected chi connectivity index (χ4v) is 6.94. The molecule has 1 atom stereocenters. The standard InChI is InChI=1S/C34H34F2N8OS/c1-21(2)43-13-9-23(20-43)22-3-8-27(28(17-22)30(35)36)29-18-24-19-39-33(41-31(24)44(32(29)45)34-38-12-16-46-34)40-25-4-6-26(7-5-25)42-14-10-37-11-15-42/h3-8,12,16-19,23,30,37H,1,9-11,13-15,20H2,2H3,(H,39,40,41). The fourth-order valence-electron chi connectivity index (χ4n) is 6.30. The van der Waals surface area contributed by atoms with Crippen molar-refractivity contribution in [2.45, 2.75) is 25.7 Å². The zero-order chi connectivity index (χ0) is 31.8. The number of piperazine rings is 1. The van der Waals surface area contributed by atoms with Crippen molar-refractivity contribution in [3.8, 4) is 16.3 Å². The van der Waals surface area contributed by atoms with Crippen molar-refractivity contribution in [1.82, 2.24) is 29.7 Å². The summed E-state index contributed by atoms with van der Waals surface area (Å²) in [5.41, 5.74) is 3.77. The van der Waals surface area contributed by atoms with Crippen molar-refractivity contribution >= 4 is 39.7 Å². The van der Waals surface area contributed by atoms with E-state index < -0.39 is 12.0 Å². The van der Waals surface area contributed by atoms with Crippen LogP contribution in [0.25, 0.3) is 27.3 Å². The number of halogens is 2. The van der Waals surface area contributed by atoms with Gasteiger partial charge in [-0.15, -0.1) is 11.3 Å². The maximum absolute atomic E-state index is 14.6. The van der Waals surface area contributed by atoms with E-state index in [1.54, 1.807) is 36.0 Å². The topological polar surface area (TPSA) is 91.2 Å². The Balaban J connectivity index is 1.26. The van der Waals surface area contributed by atoms with Crippen molar-refractivity contribution in [1.29, 1.82) is 0 Å². The van der Waals surface area contributed by atoms with Crippen molar-refractivity contribution in [2.24, 2.45) is 0 Å². The number of allylic oxidation sites excluding steroid dienone is 1. The summed E-state index contributed by atoms with van der Waals surface area (Å²) in [5, 5.41) is 9.28. The first-order chi connectivity index (χ1) is 22.4. The van der Waals surface area contributed by atoms with Crippen molar-refractivity contribution in [2.75, 3.05) is 49.5 Å². The number of hydrogen-bond donors (Lipinski definition) is 2. The first-order valence-electron chi connectivity index (χ1n) is 15.3. The molecule has 0 spiro atoms. The van der Waals surface area contributed by atoms with Gasteiger partial charge >= 0.3 is 0 Å². The lowest BCUT2D eigenvalue weighted by molar-refractivity contribution is 0.152. The highest BCUT2D eigenvalue weighted by atomic mass is 32.1. The summed E-state index contributed by atoms with van der Waals surface area (Å²) >= 11 is 1.27. The summed E-state index contributed by atoms with van der Waals surface area (Å²) in [6.45, 7) is 11.4. The zero-order valence-electron chi connectivity index (χ0n) is 25.4. The Kier molecular flexibility index (Phi) is 8.22. The zero-order valence-corrected chi connectivity index (χ0v) is 26.2. The number of nitrogens with one attached hydrogen (secondary N) is 2. The van der Waals surface area contributed by atoms with E-state index in [-0.39, 0.29) is 22.6 Å². The van der Waals surface area contributed by atoms with Crippen molar-refractivity contribution in [3.05, 3.63) is 100 Å². The van der Waals surface area contributed by atoms with Gasteiger partial charge in [-0.1, -0.05) is 18.7 Å². The average Bonchev–Trinajstić information content (AvgIpc) is 3.79. The van der Waals surface area contributed by atoms with E-state index in [4.69, 9.17) is 4.98 Å². The summed E-state index contributed by atoms with van der Waals surface area (Å²) in [6.07, 6.45) is 1.29. The van der Waals surface area contributed by atoms with Crippen LogP contribution >= 0.6 is 11.3 Å². The molecule has 5 heterocycles. The summed E-state index contributed by atoms with van der Waals surface area (Å²) in [7, 11) is 0. The predicted molar refractivity (Wildman–Crippen MR) is 180 cm³/mol. The van der Waals surface area contributed by atoms with Crippen LogP contribution in [0, 0.1) is 0 Å². The lowest BCUT2D eigenvalue weighted by atomic mass is 9.92. The molecule has 7 rings (SSSR count). The second kappa shape index (κ2) is 12.6. The molecule has 3 aromatic heterocycles. The molecular formula is C34H34F2N8OS. The minimum absolute atomic E-state index is 0.115. The molecule has 12 heteroatoms. The molecule has 2 saturated heterocycles. The number of nitrogens with zero attached hydrogens (tertiary/aromatic N) is 6.